The average molecular weight is 319 g/mol. The Morgan fingerprint density at radius 3 is 2.29 bits per heavy atom. The zero-order chi connectivity index (χ0) is 16.4. The second-order valence-electron chi connectivity index (χ2n) is 4.57. The topological polar surface area (TPSA) is 139 Å². The SMILES string of the molecule is Cc1nn(C)c(C)c1S(=O)(=O)N[C@@H](CCC(=O)O)C(=O)O. The second-order valence-corrected chi connectivity index (χ2v) is 6.22. The number of rotatable bonds is 7. The van der Waals surface area contributed by atoms with Crippen molar-refractivity contribution in [1.82, 2.24) is 14.5 Å². The smallest absolute Gasteiger partial charge is 0.321 e. The second kappa shape index (κ2) is 6.22. The first-order valence-corrected chi connectivity index (χ1v) is 7.51. The number of carbonyl (C=O) groups is 2. The summed E-state index contributed by atoms with van der Waals surface area (Å²) in [7, 11) is -2.53. The van der Waals surface area contributed by atoms with Crippen molar-refractivity contribution in [3.63, 3.8) is 0 Å². The number of nitrogens with zero attached hydrogens (tertiary/aromatic N) is 2. The first kappa shape index (κ1) is 17.1. The fourth-order valence-corrected chi connectivity index (χ4v) is 3.55. The molecular formula is C11H17N3O6S. The van der Waals surface area contributed by atoms with Crippen molar-refractivity contribution >= 4 is 22.0 Å². The molecule has 1 aromatic rings. The molecule has 0 bridgehead atoms. The minimum Gasteiger partial charge on any atom is -0.481 e. The van der Waals surface area contributed by atoms with E-state index in [2.05, 4.69) is 5.10 Å². The maximum absolute atomic E-state index is 12.3. The zero-order valence-electron chi connectivity index (χ0n) is 11.8. The lowest BCUT2D eigenvalue weighted by Crippen LogP contribution is -2.41. The highest BCUT2D eigenvalue weighted by Crippen LogP contribution is 2.19. The van der Waals surface area contributed by atoms with Crippen LogP contribution in [0.5, 0.6) is 0 Å². The fraction of sp³-hybridized carbons (Fsp3) is 0.545. The first-order chi connectivity index (χ1) is 9.56. The summed E-state index contributed by atoms with van der Waals surface area (Å²) in [4.78, 5) is 21.5. The molecule has 0 amide bonds. The Bertz CT molecular complexity index is 664. The third kappa shape index (κ3) is 4.02. The molecule has 118 valence electrons. The summed E-state index contributed by atoms with van der Waals surface area (Å²) in [5.41, 5.74) is 0.604. The molecule has 1 aromatic heterocycles. The van der Waals surface area contributed by atoms with E-state index in [1.54, 1.807) is 14.0 Å². The maximum Gasteiger partial charge on any atom is 0.321 e. The van der Waals surface area contributed by atoms with Crippen molar-refractivity contribution in [2.24, 2.45) is 7.05 Å². The third-order valence-corrected chi connectivity index (χ3v) is 4.68. The van der Waals surface area contributed by atoms with Gasteiger partial charge in [-0.2, -0.15) is 9.82 Å². The van der Waals surface area contributed by atoms with Gasteiger partial charge in [0, 0.05) is 13.5 Å². The van der Waals surface area contributed by atoms with E-state index in [1.807, 2.05) is 4.72 Å². The van der Waals surface area contributed by atoms with Crippen LogP contribution in [-0.2, 0) is 26.7 Å². The number of aromatic nitrogens is 2. The van der Waals surface area contributed by atoms with Crippen LogP contribution in [0.4, 0.5) is 0 Å². The standard InChI is InChI=1S/C11H17N3O6S/c1-6-10(7(2)14(3)12-6)21(19,20)13-8(11(17)18)4-5-9(15)16/h8,13H,4-5H2,1-3H3,(H,15,16)(H,17,18)/t8-/m0/s1. The Morgan fingerprint density at radius 2 is 1.90 bits per heavy atom. The number of aliphatic carboxylic acids is 2. The van der Waals surface area contributed by atoms with Gasteiger partial charge < -0.3 is 10.2 Å². The quantitative estimate of drug-likeness (QED) is 0.623. The minimum atomic E-state index is -4.10. The van der Waals surface area contributed by atoms with E-state index >= 15 is 0 Å². The van der Waals surface area contributed by atoms with Crippen molar-refractivity contribution in [3.05, 3.63) is 11.4 Å². The van der Waals surface area contributed by atoms with Crippen LogP contribution in [0.3, 0.4) is 0 Å². The molecule has 0 saturated carbocycles. The summed E-state index contributed by atoms with van der Waals surface area (Å²) in [6.45, 7) is 3.04. The van der Waals surface area contributed by atoms with Gasteiger partial charge in [-0.3, -0.25) is 14.3 Å². The van der Waals surface area contributed by atoms with Crippen LogP contribution in [0.25, 0.3) is 0 Å². The van der Waals surface area contributed by atoms with Crippen LogP contribution in [0.2, 0.25) is 0 Å². The molecule has 0 saturated heterocycles. The zero-order valence-corrected chi connectivity index (χ0v) is 12.6. The van der Waals surface area contributed by atoms with Gasteiger partial charge in [0.15, 0.2) is 0 Å². The highest BCUT2D eigenvalue weighted by atomic mass is 32.2. The Hall–Kier alpha value is -1.94. The van der Waals surface area contributed by atoms with Crippen LogP contribution in [0, 0.1) is 13.8 Å². The molecule has 1 heterocycles. The Labute approximate surface area is 121 Å². The van der Waals surface area contributed by atoms with E-state index in [0.29, 0.717) is 5.69 Å². The number of hydrogen-bond acceptors (Lipinski definition) is 5. The Morgan fingerprint density at radius 1 is 1.33 bits per heavy atom. The van der Waals surface area contributed by atoms with E-state index in [9.17, 15) is 18.0 Å². The van der Waals surface area contributed by atoms with Gasteiger partial charge >= 0.3 is 11.9 Å². The molecule has 1 atom stereocenters. The summed E-state index contributed by atoms with van der Waals surface area (Å²) < 4.78 is 27.9. The predicted octanol–water partition coefficient (Wildman–Crippen LogP) is -0.367. The van der Waals surface area contributed by atoms with Crippen LogP contribution in [0.15, 0.2) is 4.90 Å². The first-order valence-electron chi connectivity index (χ1n) is 6.03. The Balaban J connectivity index is 3.06. The number of aryl methyl sites for hydroxylation is 2. The van der Waals surface area contributed by atoms with Crippen molar-refractivity contribution in [2.45, 2.75) is 37.6 Å². The highest BCUT2D eigenvalue weighted by Gasteiger charge is 2.30. The monoisotopic (exact) mass is 319 g/mol. The van der Waals surface area contributed by atoms with Crippen molar-refractivity contribution in [3.8, 4) is 0 Å². The normalized spacial score (nSPS) is 13.1. The molecule has 0 radical (unpaired) electrons. The van der Waals surface area contributed by atoms with Gasteiger partial charge in [0.1, 0.15) is 10.9 Å². The minimum absolute atomic E-state index is 0.0911. The van der Waals surface area contributed by atoms with E-state index in [-0.39, 0.29) is 17.0 Å². The molecule has 9 nitrogen and oxygen atoms in total. The molecule has 0 aliphatic carbocycles. The molecule has 10 heteroatoms. The van der Waals surface area contributed by atoms with Gasteiger partial charge in [-0.25, -0.2) is 8.42 Å². The summed E-state index contributed by atoms with van der Waals surface area (Å²) in [5, 5.41) is 21.5. The number of carboxylic acids is 2. The molecule has 3 N–H and O–H groups in total. The summed E-state index contributed by atoms with van der Waals surface area (Å²) in [6, 6.07) is -1.51. The molecule has 0 aliphatic rings. The molecule has 0 aliphatic heterocycles. The molecule has 0 aromatic carbocycles. The molecule has 1 rings (SSSR count). The molecule has 0 spiro atoms. The van der Waals surface area contributed by atoms with Gasteiger partial charge in [0.05, 0.1) is 11.4 Å². The van der Waals surface area contributed by atoms with Crippen molar-refractivity contribution < 1.29 is 28.2 Å². The summed E-state index contributed by atoms with van der Waals surface area (Å²) >= 11 is 0. The highest BCUT2D eigenvalue weighted by molar-refractivity contribution is 7.89. The lowest BCUT2D eigenvalue weighted by atomic mass is 10.2. The summed E-state index contributed by atoms with van der Waals surface area (Å²) in [5.74, 6) is -2.63. The molecule has 21 heavy (non-hydrogen) atoms. The summed E-state index contributed by atoms with van der Waals surface area (Å²) in [6.07, 6.45) is -0.799. The molecule has 0 fully saturated rings. The Kier molecular flexibility index (Phi) is 5.07. The van der Waals surface area contributed by atoms with Crippen LogP contribution < -0.4 is 4.72 Å². The predicted molar refractivity (Wildman–Crippen MR) is 71.3 cm³/mol. The number of hydrogen-bond donors (Lipinski definition) is 3. The van der Waals surface area contributed by atoms with Gasteiger partial charge in [0.25, 0.3) is 0 Å². The van der Waals surface area contributed by atoms with Crippen molar-refractivity contribution in [1.29, 1.82) is 0 Å². The lowest BCUT2D eigenvalue weighted by molar-refractivity contribution is -0.140. The van der Waals surface area contributed by atoms with Crippen molar-refractivity contribution in [2.75, 3.05) is 0 Å². The van der Waals surface area contributed by atoms with Crippen LogP contribution in [-0.4, -0.2) is 46.4 Å². The molecular weight excluding hydrogens is 302 g/mol. The third-order valence-electron chi connectivity index (χ3n) is 2.95. The fourth-order valence-electron chi connectivity index (χ4n) is 1.89. The number of nitrogens with one attached hydrogen (secondary N) is 1. The van der Waals surface area contributed by atoms with Gasteiger partial charge in [-0.15, -0.1) is 0 Å². The van der Waals surface area contributed by atoms with E-state index in [1.165, 1.54) is 11.6 Å². The number of carboxylic acid groups (broad SMARTS) is 2. The largest absolute Gasteiger partial charge is 0.481 e. The maximum atomic E-state index is 12.3. The van der Waals surface area contributed by atoms with Crippen LogP contribution in [0.1, 0.15) is 24.2 Å². The van der Waals surface area contributed by atoms with E-state index < -0.39 is 34.4 Å². The van der Waals surface area contributed by atoms with E-state index in [0.717, 1.165) is 0 Å². The van der Waals surface area contributed by atoms with Gasteiger partial charge in [-0.05, 0) is 20.3 Å². The average Bonchev–Trinajstić information content (AvgIpc) is 2.58. The molecule has 0 unspecified atom stereocenters. The lowest BCUT2D eigenvalue weighted by Gasteiger charge is -2.14. The van der Waals surface area contributed by atoms with Crippen LogP contribution >= 0.6 is 0 Å². The van der Waals surface area contributed by atoms with E-state index in [4.69, 9.17) is 10.2 Å². The van der Waals surface area contributed by atoms with Gasteiger partial charge in [-0.1, -0.05) is 0 Å². The van der Waals surface area contributed by atoms with Gasteiger partial charge in [0.2, 0.25) is 10.0 Å². The number of sulfonamides is 1.